The molecule has 1 aliphatic carbocycles. The lowest BCUT2D eigenvalue weighted by Gasteiger charge is -2.28. The number of aliphatic hydroxyl groups is 1. The number of carbonyl (C=O) groups excluding carboxylic acids is 1. The predicted octanol–water partition coefficient (Wildman–Crippen LogP) is 1.87. The van der Waals surface area contributed by atoms with Gasteiger partial charge in [-0.05, 0) is 37.9 Å². The number of aromatic nitrogens is 1. The molecule has 0 aromatic carbocycles. The molecule has 0 atom stereocenters. The van der Waals surface area contributed by atoms with Crippen molar-refractivity contribution in [2.45, 2.75) is 58.2 Å². The van der Waals surface area contributed by atoms with Crippen molar-refractivity contribution in [3.05, 3.63) is 23.5 Å². The Bertz CT molecular complexity index is 478. The molecule has 2 aliphatic rings. The first kappa shape index (κ1) is 17.0. The minimum Gasteiger partial charge on any atom is -0.392 e. The lowest BCUT2D eigenvalue weighted by molar-refractivity contribution is -0.137. The normalized spacial score (nSPS) is 19.0. The summed E-state index contributed by atoms with van der Waals surface area (Å²) in [6, 6.07) is 2.03. The van der Waals surface area contributed by atoms with E-state index in [4.69, 9.17) is 0 Å². The van der Waals surface area contributed by atoms with Gasteiger partial charge < -0.3 is 20.3 Å². The van der Waals surface area contributed by atoms with Crippen LogP contribution >= 0.6 is 0 Å². The second-order valence-electron chi connectivity index (χ2n) is 6.14. The quantitative estimate of drug-likeness (QED) is 0.876. The topological polar surface area (TPSA) is 71.5 Å². The summed E-state index contributed by atoms with van der Waals surface area (Å²) in [5, 5.41) is 9.24. The second-order valence-corrected chi connectivity index (χ2v) is 6.14. The zero-order valence-electron chi connectivity index (χ0n) is 13.6. The Morgan fingerprint density at radius 3 is 2.64 bits per heavy atom. The smallest absolute Gasteiger partial charge is 0.226 e. The summed E-state index contributed by atoms with van der Waals surface area (Å²) < 4.78 is 2.19. The molecule has 0 unspecified atom stereocenters. The van der Waals surface area contributed by atoms with Crippen LogP contribution in [0.4, 0.5) is 0 Å². The zero-order chi connectivity index (χ0) is 15.9. The van der Waals surface area contributed by atoms with E-state index in [1.807, 2.05) is 17.2 Å². The Labute approximate surface area is 133 Å². The third-order valence-corrected chi connectivity index (χ3v) is 4.67. The highest BCUT2D eigenvalue weighted by Gasteiger charge is 2.27. The minimum atomic E-state index is 0.0799. The maximum Gasteiger partial charge on any atom is 0.226 e. The van der Waals surface area contributed by atoms with Gasteiger partial charge >= 0.3 is 0 Å². The summed E-state index contributed by atoms with van der Waals surface area (Å²) >= 11 is 0. The molecule has 0 saturated heterocycles. The molecule has 3 N–H and O–H groups in total. The van der Waals surface area contributed by atoms with Gasteiger partial charge in [0.25, 0.3) is 0 Å². The summed E-state index contributed by atoms with van der Waals surface area (Å²) in [6.07, 6.45) is 8.85. The number of aryl methyl sites for hydroxylation is 1. The number of fused-ring (bicyclic) bond motifs is 1. The highest BCUT2D eigenvalue weighted by atomic mass is 16.3. The number of hydrogen-bond donors (Lipinski definition) is 2. The van der Waals surface area contributed by atoms with Gasteiger partial charge in [0, 0.05) is 30.9 Å². The minimum absolute atomic E-state index is 0.0799. The Kier molecular flexibility index (Phi) is 6.46. The molecule has 3 rings (SSSR count). The fraction of sp³-hybridized carbons (Fsp3) is 0.706. The first-order valence-corrected chi connectivity index (χ1v) is 8.43. The Hall–Kier alpha value is -1.33. The van der Waals surface area contributed by atoms with Crippen LogP contribution in [0.5, 0.6) is 0 Å². The molecule has 5 heteroatoms. The fourth-order valence-corrected chi connectivity index (χ4v) is 3.55. The molecule has 1 aromatic heterocycles. The maximum absolute atomic E-state index is 12.7. The molecule has 1 amide bonds. The fourth-order valence-electron chi connectivity index (χ4n) is 3.55. The summed E-state index contributed by atoms with van der Waals surface area (Å²) in [4.78, 5) is 14.7. The number of nitrogens with two attached hydrogens (primary N) is 1. The van der Waals surface area contributed by atoms with E-state index >= 15 is 0 Å². The summed E-state index contributed by atoms with van der Waals surface area (Å²) in [7, 11) is 1.50. The van der Waals surface area contributed by atoms with Crippen molar-refractivity contribution in [3.63, 3.8) is 0 Å². The van der Waals surface area contributed by atoms with Crippen molar-refractivity contribution in [1.29, 1.82) is 0 Å². The Morgan fingerprint density at radius 2 is 1.95 bits per heavy atom. The van der Waals surface area contributed by atoms with Gasteiger partial charge in [0.15, 0.2) is 0 Å². The number of aliphatic hydroxyl groups excluding tert-OH is 1. The maximum atomic E-state index is 12.7. The molecule has 124 valence electrons. The van der Waals surface area contributed by atoms with Crippen molar-refractivity contribution >= 4 is 5.91 Å². The number of amides is 1. The first-order chi connectivity index (χ1) is 10.8. The van der Waals surface area contributed by atoms with Gasteiger partial charge in [-0.2, -0.15) is 0 Å². The highest BCUT2D eigenvalue weighted by molar-refractivity contribution is 5.79. The van der Waals surface area contributed by atoms with Gasteiger partial charge in [0.1, 0.15) is 0 Å². The van der Waals surface area contributed by atoms with Crippen LogP contribution in [0.3, 0.4) is 0 Å². The van der Waals surface area contributed by atoms with E-state index in [1.165, 1.54) is 26.3 Å². The molecule has 22 heavy (non-hydrogen) atoms. The van der Waals surface area contributed by atoms with Crippen molar-refractivity contribution in [1.82, 2.24) is 9.47 Å². The molecule has 1 aliphatic heterocycles. The van der Waals surface area contributed by atoms with Crippen LogP contribution in [0, 0.1) is 5.92 Å². The largest absolute Gasteiger partial charge is 0.392 e. The Balaban J connectivity index is 0.000000847. The third-order valence-electron chi connectivity index (χ3n) is 4.67. The number of rotatable bonds is 2. The molecule has 1 fully saturated rings. The lowest BCUT2D eigenvalue weighted by atomic mass is 9.88. The predicted molar refractivity (Wildman–Crippen MR) is 87.1 cm³/mol. The van der Waals surface area contributed by atoms with Gasteiger partial charge in [-0.1, -0.05) is 19.3 Å². The molecule has 5 nitrogen and oxygen atoms in total. The van der Waals surface area contributed by atoms with Crippen LogP contribution < -0.4 is 5.73 Å². The van der Waals surface area contributed by atoms with E-state index in [1.54, 1.807) is 0 Å². The van der Waals surface area contributed by atoms with E-state index < -0.39 is 0 Å². The van der Waals surface area contributed by atoms with Crippen LogP contribution in [-0.4, -0.2) is 34.1 Å². The van der Waals surface area contributed by atoms with Crippen LogP contribution in [0.2, 0.25) is 0 Å². The molecular weight excluding hydrogens is 278 g/mol. The molecule has 2 heterocycles. The van der Waals surface area contributed by atoms with Gasteiger partial charge in [-0.15, -0.1) is 0 Å². The summed E-state index contributed by atoms with van der Waals surface area (Å²) in [6.45, 7) is 2.60. The van der Waals surface area contributed by atoms with Crippen LogP contribution in [-0.2, 0) is 24.5 Å². The van der Waals surface area contributed by atoms with Gasteiger partial charge in [-0.3, -0.25) is 4.79 Å². The van der Waals surface area contributed by atoms with Crippen molar-refractivity contribution in [2.24, 2.45) is 11.7 Å². The first-order valence-electron chi connectivity index (χ1n) is 8.43. The van der Waals surface area contributed by atoms with E-state index in [2.05, 4.69) is 10.3 Å². The van der Waals surface area contributed by atoms with Crippen molar-refractivity contribution in [2.75, 3.05) is 13.6 Å². The number of carbonyl (C=O) groups is 1. The van der Waals surface area contributed by atoms with E-state index in [0.29, 0.717) is 12.5 Å². The molecule has 1 saturated carbocycles. The van der Waals surface area contributed by atoms with Crippen LogP contribution in [0.25, 0.3) is 0 Å². The molecule has 1 aromatic rings. The van der Waals surface area contributed by atoms with Gasteiger partial charge in [-0.25, -0.2) is 0 Å². The van der Waals surface area contributed by atoms with Crippen LogP contribution in [0.1, 0.15) is 49.8 Å². The van der Waals surface area contributed by atoms with Crippen molar-refractivity contribution < 1.29 is 9.90 Å². The van der Waals surface area contributed by atoms with E-state index in [0.717, 1.165) is 43.6 Å². The van der Waals surface area contributed by atoms with Gasteiger partial charge in [0.05, 0.1) is 13.2 Å². The second kappa shape index (κ2) is 8.34. The average molecular weight is 307 g/mol. The van der Waals surface area contributed by atoms with Crippen LogP contribution in [0.15, 0.2) is 12.3 Å². The number of nitrogens with zero attached hydrogens (tertiary/aromatic N) is 2. The van der Waals surface area contributed by atoms with Gasteiger partial charge in [0.2, 0.25) is 5.91 Å². The molecular formula is C17H29N3O2. The third kappa shape index (κ3) is 3.90. The average Bonchev–Trinajstić information content (AvgIpc) is 2.87. The SMILES string of the molecule is CN.O=C(C1CCCCC1)N1CCCn2cc(CO)cc2C1. The summed E-state index contributed by atoms with van der Waals surface area (Å²) in [5.74, 6) is 0.604. The van der Waals surface area contributed by atoms with E-state index in [-0.39, 0.29) is 12.5 Å². The monoisotopic (exact) mass is 307 g/mol. The lowest BCUT2D eigenvalue weighted by Crippen LogP contribution is -2.36. The van der Waals surface area contributed by atoms with E-state index in [9.17, 15) is 9.90 Å². The molecule has 0 spiro atoms. The zero-order valence-corrected chi connectivity index (χ0v) is 13.6. The summed E-state index contributed by atoms with van der Waals surface area (Å²) in [5.41, 5.74) is 6.61. The highest BCUT2D eigenvalue weighted by Crippen LogP contribution is 2.27. The number of hydrogen-bond acceptors (Lipinski definition) is 3. The molecule has 0 radical (unpaired) electrons. The standard InChI is InChI=1S/C16H24N2O2.CH5N/c19-12-13-9-15-11-18(8-4-7-17(15)10-13)16(20)14-5-2-1-3-6-14;1-2/h9-10,14,19H,1-8,11-12H2;2H2,1H3. The van der Waals surface area contributed by atoms with Crippen molar-refractivity contribution in [3.8, 4) is 0 Å². The molecule has 0 bridgehead atoms. The Morgan fingerprint density at radius 1 is 1.23 bits per heavy atom.